The van der Waals surface area contributed by atoms with Crippen LogP contribution in [-0.2, 0) is 0 Å². The van der Waals surface area contributed by atoms with Gasteiger partial charge in [-0.2, -0.15) is 0 Å². The van der Waals surface area contributed by atoms with E-state index in [9.17, 15) is 14.4 Å². The van der Waals surface area contributed by atoms with Crippen molar-refractivity contribution in [3.05, 3.63) is 87.7 Å². The lowest BCUT2D eigenvalue weighted by Crippen LogP contribution is -2.26. The average Bonchev–Trinajstić information content (AvgIpc) is 3.14. The highest BCUT2D eigenvalue weighted by Gasteiger charge is 2.17. The number of hydrogen-bond acceptors (Lipinski definition) is 5. The SMILES string of the molecule is CC(=O)c1ccc(NC(=O)c2cnc3scc(-c4ccccc4)n3c2=O)cc1. The fourth-order valence-electron chi connectivity index (χ4n) is 2.85. The minimum absolute atomic E-state index is 0.0521. The lowest BCUT2D eigenvalue weighted by molar-refractivity contribution is 0.101. The standard InChI is InChI=1S/C21H15N3O3S/c1-13(25)14-7-9-16(10-8-14)23-19(26)17-11-22-21-24(20(17)27)18(12-28-21)15-5-3-2-4-6-15/h2-12H,1H3,(H,23,26). The number of ketones is 1. The van der Waals surface area contributed by atoms with Crippen LogP contribution in [0, 0.1) is 0 Å². The summed E-state index contributed by atoms with van der Waals surface area (Å²) in [5.74, 6) is -0.607. The molecule has 0 aliphatic carbocycles. The summed E-state index contributed by atoms with van der Waals surface area (Å²) in [6, 6.07) is 16.0. The van der Waals surface area contributed by atoms with E-state index in [1.165, 1.54) is 28.9 Å². The van der Waals surface area contributed by atoms with Crippen LogP contribution < -0.4 is 10.9 Å². The first-order chi connectivity index (χ1) is 13.5. The molecule has 1 N–H and O–H groups in total. The second-order valence-electron chi connectivity index (χ2n) is 6.17. The van der Waals surface area contributed by atoms with E-state index in [-0.39, 0.29) is 11.3 Å². The van der Waals surface area contributed by atoms with Gasteiger partial charge in [-0.25, -0.2) is 4.98 Å². The number of benzene rings is 2. The van der Waals surface area contributed by atoms with Crippen LogP contribution in [0.5, 0.6) is 0 Å². The highest BCUT2D eigenvalue weighted by molar-refractivity contribution is 7.15. The zero-order valence-electron chi connectivity index (χ0n) is 14.9. The number of fused-ring (bicyclic) bond motifs is 1. The molecule has 4 aromatic rings. The molecule has 0 saturated carbocycles. The van der Waals surface area contributed by atoms with E-state index in [1.807, 2.05) is 35.7 Å². The maximum Gasteiger partial charge on any atom is 0.271 e. The first-order valence-corrected chi connectivity index (χ1v) is 9.39. The van der Waals surface area contributed by atoms with Gasteiger partial charge in [-0.15, -0.1) is 11.3 Å². The second kappa shape index (κ2) is 7.21. The van der Waals surface area contributed by atoms with Crippen molar-refractivity contribution in [2.24, 2.45) is 0 Å². The van der Waals surface area contributed by atoms with Gasteiger partial charge in [-0.1, -0.05) is 30.3 Å². The molecule has 2 heterocycles. The van der Waals surface area contributed by atoms with Crippen molar-refractivity contribution >= 4 is 33.7 Å². The minimum Gasteiger partial charge on any atom is -0.322 e. The third-order valence-corrected chi connectivity index (χ3v) is 5.15. The number of nitrogens with zero attached hydrogens (tertiary/aromatic N) is 2. The minimum atomic E-state index is -0.548. The maximum atomic E-state index is 13.0. The number of anilines is 1. The number of nitrogens with one attached hydrogen (secondary N) is 1. The Morgan fingerprint density at radius 2 is 1.75 bits per heavy atom. The summed E-state index contributed by atoms with van der Waals surface area (Å²) in [6.07, 6.45) is 1.29. The fraction of sp³-hybridized carbons (Fsp3) is 0.0476. The summed E-state index contributed by atoms with van der Waals surface area (Å²) in [5.41, 5.74) is 2.13. The molecule has 0 radical (unpaired) electrons. The van der Waals surface area contributed by atoms with E-state index in [1.54, 1.807) is 24.3 Å². The Kier molecular flexibility index (Phi) is 4.58. The molecule has 138 valence electrons. The van der Waals surface area contributed by atoms with Crippen LogP contribution in [0.15, 0.2) is 71.0 Å². The number of thiazole rings is 1. The monoisotopic (exact) mass is 389 g/mol. The van der Waals surface area contributed by atoms with Crippen LogP contribution in [0.1, 0.15) is 27.6 Å². The average molecular weight is 389 g/mol. The summed E-state index contributed by atoms with van der Waals surface area (Å²) in [4.78, 5) is 41.8. The number of carbonyl (C=O) groups is 2. The van der Waals surface area contributed by atoms with Crippen LogP contribution >= 0.6 is 11.3 Å². The summed E-state index contributed by atoms with van der Waals surface area (Å²) in [5, 5.41) is 4.53. The van der Waals surface area contributed by atoms with E-state index >= 15 is 0 Å². The van der Waals surface area contributed by atoms with Gasteiger partial charge >= 0.3 is 0 Å². The smallest absolute Gasteiger partial charge is 0.271 e. The molecule has 0 saturated heterocycles. The molecule has 4 rings (SSSR count). The Bertz CT molecular complexity index is 1240. The highest BCUT2D eigenvalue weighted by atomic mass is 32.1. The molecular formula is C21H15N3O3S. The molecule has 0 aliphatic heterocycles. The van der Waals surface area contributed by atoms with E-state index in [0.29, 0.717) is 21.9 Å². The van der Waals surface area contributed by atoms with Crippen LogP contribution in [-0.4, -0.2) is 21.1 Å². The number of aromatic nitrogens is 2. The number of hydrogen-bond donors (Lipinski definition) is 1. The van der Waals surface area contributed by atoms with E-state index < -0.39 is 11.5 Å². The van der Waals surface area contributed by atoms with E-state index in [0.717, 1.165) is 5.56 Å². The maximum absolute atomic E-state index is 13.0. The Balaban J connectivity index is 1.71. The lowest BCUT2D eigenvalue weighted by atomic mass is 10.1. The summed E-state index contributed by atoms with van der Waals surface area (Å²) >= 11 is 1.34. The molecule has 0 aliphatic rings. The predicted octanol–water partition coefficient (Wildman–Crippen LogP) is 3.88. The molecule has 6 nitrogen and oxygen atoms in total. The summed E-state index contributed by atoms with van der Waals surface area (Å²) in [6.45, 7) is 1.47. The molecule has 28 heavy (non-hydrogen) atoms. The number of rotatable bonds is 4. The molecular weight excluding hydrogens is 374 g/mol. The fourth-order valence-corrected chi connectivity index (χ4v) is 3.70. The topological polar surface area (TPSA) is 80.5 Å². The summed E-state index contributed by atoms with van der Waals surface area (Å²) in [7, 11) is 0. The van der Waals surface area contributed by atoms with Crippen molar-refractivity contribution in [2.45, 2.75) is 6.92 Å². The molecule has 1 amide bonds. The van der Waals surface area contributed by atoms with Gasteiger partial charge in [0, 0.05) is 22.8 Å². The quantitative estimate of drug-likeness (QED) is 0.537. The Morgan fingerprint density at radius 3 is 2.43 bits per heavy atom. The third kappa shape index (κ3) is 3.23. The molecule has 0 fully saturated rings. The molecule has 2 aromatic heterocycles. The third-order valence-electron chi connectivity index (χ3n) is 4.31. The van der Waals surface area contributed by atoms with Gasteiger partial charge in [0.15, 0.2) is 10.7 Å². The largest absolute Gasteiger partial charge is 0.322 e. The van der Waals surface area contributed by atoms with E-state index in [2.05, 4.69) is 10.3 Å². The van der Waals surface area contributed by atoms with Crippen LogP contribution in [0.3, 0.4) is 0 Å². The van der Waals surface area contributed by atoms with Gasteiger partial charge in [0.25, 0.3) is 11.5 Å². The van der Waals surface area contributed by atoms with E-state index in [4.69, 9.17) is 0 Å². The lowest BCUT2D eigenvalue weighted by Gasteiger charge is -2.07. The molecule has 2 aromatic carbocycles. The molecule has 0 bridgehead atoms. The normalized spacial score (nSPS) is 10.8. The predicted molar refractivity (Wildman–Crippen MR) is 109 cm³/mol. The Labute approximate surface area is 164 Å². The zero-order valence-corrected chi connectivity index (χ0v) is 15.7. The van der Waals surface area contributed by atoms with Gasteiger partial charge in [-0.05, 0) is 36.8 Å². The van der Waals surface area contributed by atoms with Gasteiger partial charge in [0.1, 0.15) is 5.56 Å². The van der Waals surface area contributed by atoms with Gasteiger partial charge in [0.2, 0.25) is 0 Å². The number of Topliss-reactive ketones (excluding diaryl/α,β-unsaturated/α-hetero) is 1. The molecule has 0 unspecified atom stereocenters. The van der Waals surface area contributed by atoms with Gasteiger partial charge in [-0.3, -0.25) is 18.8 Å². The van der Waals surface area contributed by atoms with Crippen LogP contribution in [0.25, 0.3) is 16.2 Å². The van der Waals surface area contributed by atoms with Gasteiger partial charge in [0.05, 0.1) is 5.69 Å². The summed E-state index contributed by atoms with van der Waals surface area (Å²) < 4.78 is 1.45. The number of carbonyl (C=O) groups excluding carboxylic acids is 2. The molecule has 7 heteroatoms. The van der Waals surface area contributed by atoms with Crippen molar-refractivity contribution < 1.29 is 9.59 Å². The molecule has 0 atom stereocenters. The highest BCUT2D eigenvalue weighted by Crippen LogP contribution is 2.23. The van der Waals surface area contributed by atoms with Crippen LogP contribution in [0.4, 0.5) is 5.69 Å². The van der Waals surface area contributed by atoms with Crippen molar-refractivity contribution in [3.63, 3.8) is 0 Å². The van der Waals surface area contributed by atoms with Crippen LogP contribution in [0.2, 0.25) is 0 Å². The second-order valence-corrected chi connectivity index (χ2v) is 7.01. The zero-order chi connectivity index (χ0) is 19.7. The Hall–Kier alpha value is -3.58. The van der Waals surface area contributed by atoms with Crippen molar-refractivity contribution in [3.8, 4) is 11.3 Å². The van der Waals surface area contributed by atoms with Gasteiger partial charge < -0.3 is 5.32 Å². The van der Waals surface area contributed by atoms with Crippen molar-refractivity contribution in [2.75, 3.05) is 5.32 Å². The molecule has 0 spiro atoms. The first-order valence-electron chi connectivity index (χ1n) is 8.51. The Morgan fingerprint density at radius 1 is 1.04 bits per heavy atom. The van der Waals surface area contributed by atoms with Crippen molar-refractivity contribution in [1.29, 1.82) is 0 Å². The first kappa shape index (κ1) is 17.8. The number of amides is 1. The van der Waals surface area contributed by atoms with Crippen molar-refractivity contribution in [1.82, 2.24) is 9.38 Å².